The molecule has 10 nitrogen and oxygen atoms in total. The van der Waals surface area contributed by atoms with Crippen molar-refractivity contribution >= 4 is 11.7 Å². The minimum atomic E-state index is -0.577. The smallest absolute Gasteiger partial charge is 0.408 e. The molecule has 3 aromatic heterocycles. The molecule has 1 aromatic carbocycles. The minimum Gasteiger partial charge on any atom is -0.491 e. The number of rotatable bonds is 4. The Morgan fingerprint density at radius 1 is 1.21 bits per heavy atom. The van der Waals surface area contributed by atoms with Crippen LogP contribution in [0.4, 0.5) is 4.79 Å². The molecule has 0 aliphatic carbocycles. The van der Waals surface area contributed by atoms with Crippen molar-refractivity contribution in [1.82, 2.24) is 30.1 Å². The van der Waals surface area contributed by atoms with Crippen LogP contribution in [0.5, 0.6) is 11.6 Å². The van der Waals surface area contributed by atoms with Gasteiger partial charge in [0.25, 0.3) is 0 Å². The first-order chi connectivity index (χ1) is 16.3. The number of benzene rings is 1. The number of fused-ring (bicyclic) bond motifs is 2. The highest BCUT2D eigenvalue weighted by atomic mass is 16.6. The molecule has 0 spiro atoms. The maximum Gasteiger partial charge on any atom is 0.408 e. The summed E-state index contributed by atoms with van der Waals surface area (Å²) < 4.78 is 18.3. The topological polar surface area (TPSA) is 113 Å². The van der Waals surface area contributed by atoms with E-state index in [-0.39, 0.29) is 6.04 Å². The summed E-state index contributed by atoms with van der Waals surface area (Å²) in [6.45, 7) is 5.79. The zero-order chi connectivity index (χ0) is 23.9. The van der Waals surface area contributed by atoms with Crippen molar-refractivity contribution in [2.45, 2.75) is 32.4 Å². The van der Waals surface area contributed by atoms with E-state index >= 15 is 0 Å². The lowest BCUT2D eigenvalue weighted by Gasteiger charge is -2.21. The van der Waals surface area contributed by atoms with Crippen LogP contribution in [0.2, 0.25) is 0 Å². The maximum absolute atomic E-state index is 12.2. The first-order valence-corrected chi connectivity index (χ1v) is 10.8. The Balaban J connectivity index is 1.54. The third-order valence-corrected chi connectivity index (χ3v) is 5.24. The van der Waals surface area contributed by atoms with Gasteiger partial charge in [0.1, 0.15) is 35.0 Å². The highest BCUT2D eigenvalue weighted by Crippen LogP contribution is 2.38. The third kappa shape index (κ3) is 4.09. The Bertz CT molecular complexity index is 1360. The van der Waals surface area contributed by atoms with E-state index in [0.717, 1.165) is 11.1 Å². The fraction of sp³-hybridized carbons (Fsp3) is 0.292. The van der Waals surface area contributed by atoms with Crippen LogP contribution in [-0.4, -0.2) is 50.2 Å². The lowest BCUT2D eigenvalue weighted by molar-refractivity contribution is 0.0497. The molecule has 0 fully saturated rings. The summed E-state index contributed by atoms with van der Waals surface area (Å²) in [6, 6.07) is 12.7. The fourth-order valence-electron chi connectivity index (χ4n) is 3.81. The van der Waals surface area contributed by atoms with Gasteiger partial charge in [0, 0.05) is 23.4 Å². The van der Waals surface area contributed by atoms with Gasteiger partial charge in [0.15, 0.2) is 5.65 Å². The fourth-order valence-corrected chi connectivity index (χ4v) is 3.81. The van der Waals surface area contributed by atoms with Crippen LogP contribution in [0.25, 0.3) is 28.3 Å². The number of nitrogens with one attached hydrogen (secondary N) is 1. The number of nitrogens with zero attached hydrogens (tertiary/aromatic N) is 5. The normalized spacial score (nSPS) is 15.0. The number of alkyl carbamates (subject to hydrolysis) is 1. The molecule has 10 heteroatoms. The molecular weight excluding hydrogens is 436 g/mol. The Hall–Kier alpha value is -4.21. The molecule has 0 unspecified atom stereocenters. The van der Waals surface area contributed by atoms with E-state index in [1.165, 1.54) is 0 Å². The molecule has 34 heavy (non-hydrogen) atoms. The van der Waals surface area contributed by atoms with Crippen molar-refractivity contribution in [1.29, 1.82) is 0 Å². The van der Waals surface area contributed by atoms with Gasteiger partial charge in [-0.25, -0.2) is 14.3 Å². The van der Waals surface area contributed by atoms with Gasteiger partial charge in [-0.05, 0) is 45.0 Å². The first kappa shape index (κ1) is 21.6. The molecule has 0 saturated carbocycles. The molecular formula is C24H24N6O4. The number of hydrogen-bond donors (Lipinski definition) is 1. The van der Waals surface area contributed by atoms with Crippen LogP contribution in [0.15, 0.2) is 48.7 Å². The van der Waals surface area contributed by atoms with Crippen molar-refractivity contribution in [3.8, 4) is 34.3 Å². The van der Waals surface area contributed by atoms with Gasteiger partial charge in [-0.3, -0.25) is 0 Å². The number of ether oxygens (including phenoxy) is 3. The number of hydrogen-bond acceptors (Lipinski definition) is 8. The Morgan fingerprint density at radius 3 is 2.79 bits per heavy atom. The molecule has 1 aliphatic rings. The molecule has 1 atom stereocenters. The molecule has 1 N–H and O–H groups in total. The maximum atomic E-state index is 12.2. The number of aromatic nitrogens is 5. The average molecular weight is 460 g/mol. The van der Waals surface area contributed by atoms with Crippen molar-refractivity contribution in [2.24, 2.45) is 0 Å². The van der Waals surface area contributed by atoms with E-state index in [9.17, 15) is 4.79 Å². The Morgan fingerprint density at radius 2 is 2.06 bits per heavy atom. The molecule has 4 aromatic rings. The predicted molar refractivity (Wildman–Crippen MR) is 124 cm³/mol. The monoisotopic (exact) mass is 460 g/mol. The van der Waals surface area contributed by atoms with Gasteiger partial charge in [-0.15, -0.1) is 10.2 Å². The van der Waals surface area contributed by atoms with Gasteiger partial charge in [0.2, 0.25) is 5.88 Å². The quantitative estimate of drug-likeness (QED) is 0.489. The van der Waals surface area contributed by atoms with Crippen LogP contribution in [0.3, 0.4) is 0 Å². The van der Waals surface area contributed by atoms with Gasteiger partial charge >= 0.3 is 6.09 Å². The summed E-state index contributed by atoms with van der Waals surface area (Å²) in [4.78, 5) is 17.0. The van der Waals surface area contributed by atoms with E-state index in [0.29, 0.717) is 41.0 Å². The zero-order valence-electron chi connectivity index (χ0n) is 19.3. The van der Waals surface area contributed by atoms with Crippen molar-refractivity contribution in [2.75, 3.05) is 13.7 Å². The lowest BCUT2D eigenvalue weighted by atomic mass is 10.0. The summed E-state index contributed by atoms with van der Waals surface area (Å²) in [5.41, 5.74) is 3.74. The second-order valence-electron chi connectivity index (χ2n) is 8.83. The number of methoxy groups -OCH3 is 1. The Labute approximate surface area is 195 Å². The highest BCUT2D eigenvalue weighted by molar-refractivity contribution is 5.81. The van der Waals surface area contributed by atoms with Crippen LogP contribution >= 0.6 is 0 Å². The molecule has 5 rings (SSSR count). The summed E-state index contributed by atoms with van der Waals surface area (Å²) in [7, 11) is 1.56. The molecule has 1 aliphatic heterocycles. The standard InChI is InChI=1S/C24H24N6O4/c1-24(2,3)34-23(31)26-17-13-33-18-12-14(7-8-15(17)18)21-22(16-6-5-11-25-28-16)30-19(27-21)9-10-20(29-30)32-4/h5-12,17H,13H2,1-4H3,(H,26,31)/t17-/m0/s1. The average Bonchev–Trinajstić information content (AvgIpc) is 3.38. The Kier molecular flexibility index (Phi) is 5.27. The minimum absolute atomic E-state index is 0.301. The second-order valence-corrected chi connectivity index (χ2v) is 8.83. The van der Waals surface area contributed by atoms with Crippen LogP contribution in [-0.2, 0) is 4.74 Å². The second kappa shape index (κ2) is 8.29. The summed E-state index contributed by atoms with van der Waals surface area (Å²) in [5, 5.41) is 15.7. The third-order valence-electron chi connectivity index (χ3n) is 5.24. The van der Waals surface area contributed by atoms with E-state index in [2.05, 4.69) is 20.6 Å². The molecule has 4 heterocycles. The van der Waals surface area contributed by atoms with Crippen molar-refractivity contribution in [3.63, 3.8) is 0 Å². The van der Waals surface area contributed by atoms with Crippen LogP contribution < -0.4 is 14.8 Å². The van der Waals surface area contributed by atoms with Gasteiger partial charge in [-0.2, -0.15) is 5.10 Å². The lowest BCUT2D eigenvalue weighted by Crippen LogP contribution is -2.35. The first-order valence-electron chi connectivity index (χ1n) is 10.8. The zero-order valence-corrected chi connectivity index (χ0v) is 19.3. The summed E-state index contributed by atoms with van der Waals surface area (Å²) in [5.74, 6) is 1.13. The molecule has 1 amide bonds. The number of carbonyl (C=O) groups excluding carboxylic acids is 1. The van der Waals surface area contributed by atoms with Gasteiger partial charge in [-0.1, -0.05) is 12.1 Å². The molecule has 0 bridgehead atoms. The summed E-state index contributed by atoms with van der Waals surface area (Å²) >= 11 is 0. The van der Waals surface area contributed by atoms with E-state index in [1.54, 1.807) is 23.9 Å². The van der Waals surface area contributed by atoms with Gasteiger partial charge < -0.3 is 19.5 Å². The number of imidazole rings is 1. The van der Waals surface area contributed by atoms with E-state index < -0.39 is 11.7 Å². The molecule has 0 radical (unpaired) electrons. The predicted octanol–water partition coefficient (Wildman–Crippen LogP) is 3.82. The largest absolute Gasteiger partial charge is 0.491 e. The van der Waals surface area contributed by atoms with E-state index in [4.69, 9.17) is 19.2 Å². The van der Waals surface area contributed by atoms with Crippen LogP contribution in [0, 0.1) is 0 Å². The van der Waals surface area contributed by atoms with Crippen molar-refractivity contribution in [3.05, 3.63) is 54.2 Å². The SMILES string of the molecule is COc1ccc2nc(-c3ccc4c(c3)OC[C@@H]4NC(=O)OC(C)(C)C)c(-c3cccnn3)n2n1. The number of amides is 1. The molecule has 0 saturated heterocycles. The molecule has 174 valence electrons. The van der Waals surface area contributed by atoms with Crippen LogP contribution in [0.1, 0.15) is 32.4 Å². The van der Waals surface area contributed by atoms with Crippen molar-refractivity contribution < 1.29 is 19.0 Å². The summed E-state index contributed by atoms with van der Waals surface area (Å²) in [6.07, 6.45) is 1.13. The number of carbonyl (C=O) groups is 1. The highest BCUT2D eigenvalue weighted by Gasteiger charge is 2.29. The van der Waals surface area contributed by atoms with Gasteiger partial charge in [0.05, 0.1) is 13.2 Å². The van der Waals surface area contributed by atoms with E-state index in [1.807, 2.05) is 57.2 Å².